The van der Waals surface area contributed by atoms with Crippen LogP contribution in [0.3, 0.4) is 0 Å². The number of carbonyl (C=O) groups excluding carboxylic acids is 2. The van der Waals surface area contributed by atoms with Gasteiger partial charge in [-0.05, 0) is 25.2 Å². The molecule has 114 valence electrons. The summed E-state index contributed by atoms with van der Waals surface area (Å²) < 4.78 is 10.6. The Kier molecular flexibility index (Phi) is 5.57. The first-order chi connectivity index (χ1) is 9.55. The lowest BCUT2D eigenvalue weighted by molar-refractivity contribution is -0.140. The van der Waals surface area contributed by atoms with Crippen molar-refractivity contribution in [1.82, 2.24) is 0 Å². The van der Waals surface area contributed by atoms with Crippen LogP contribution in [0.5, 0.6) is 0 Å². The van der Waals surface area contributed by atoms with Crippen LogP contribution in [0, 0.1) is 11.8 Å². The van der Waals surface area contributed by atoms with E-state index in [1.165, 1.54) is 7.11 Å². The minimum absolute atomic E-state index is 0.0318. The van der Waals surface area contributed by atoms with Crippen molar-refractivity contribution in [2.75, 3.05) is 7.11 Å². The summed E-state index contributed by atoms with van der Waals surface area (Å²) in [6.07, 6.45) is 3.46. The molecule has 20 heavy (non-hydrogen) atoms. The van der Waals surface area contributed by atoms with Crippen molar-refractivity contribution in [3.05, 3.63) is 0 Å². The van der Waals surface area contributed by atoms with E-state index < -0.39 is 6.10 Å². The molecule has 0 amide bonds. The number of esters is 1. The molecule has 1 aliphatic heterocycles. The maximum atomic E-state index is 11.2. The predicted octanol–water partition coefficient (Wildman–Crippen LogP) is 1.45. The van der Waals surface area contributed by atoms with Crippen LogP contribution in [-0.4, -0.2) is 47.6 Å². The van der Waals surface area contributed by atoms with Gasteiger partial charge in [-0.2, -0.15) is 0 Å². The fourth-order valence-corrected chi connectivity index (χ4v) is 3.75. The van der Waals surface area contributed by atoms with Crippen LogP contribution in [-0.2, 0) is 19.1 Å². The summed E-state index contributed by atoms with van der Waals surface area (Å²) in [6, 6.07) is 0. The molecule has 1 N–H and O–H groups in total. The Balaban J connectivity index is 1.85. The van der Waals surface area contributed by atoms with E-state index in [1.54, 1.807) is 0 Å². The third-order valence-electron chi connectivity index (χ3n) is 4.38. The van der Waals surface area contributed by atoms with E-state index in [4.69, 9.17) is 4.74 Å². The molecule has 5 nitrogen and oxygen atoms in total. The lowest BCUT2D eigenvalue weighted by Gasteiger charge is -2.31. The first-order valence-corrected chi connectivity index (χ1v) is 7.96. The van der Waals surface area contributed by atoms with Gasteiger partial charge in [0, 0.05) is 23.6 Å². The molecular formula is C14H21BrO5. The number of hydrogen-bond donors (Lipinski definition) is 1. The van der Waals surface area contributed by atoms with Gasteiger partial charge in [-0.15, -0.1) is 0 Å². The fraction of sp³-hybridized carbons (Fsp3) is 0.857. The molecular weight excluding hydrogens is 328 g/mol. The van der Waals surface area contributed by atoms with Gasteiger partial charge in [0.25, 0.3) is 0 Å². The van der Waals surface area contributed by atoms with Gasteiger partial charge in [0.1, 0.15) is 6.29 Å². The van der Waals surface area contributed by atoms with Crippen LogP contribution in [0.2, 0.25) is 0 Å². The Morgan fingerprint density at radius 2 is 2.25 bits per heavy atom. The lowest BCUT2D eigenvalue weighted by atomic mass is 9.77. The van der Waals surface area contributed by atoms with Crippen molar-refractivity contribution in [2.45, 2.75) is 55.2 Å². The zero-order chi connectivity index (χ0) is 14.7. The van der Waals surface area contributed by atoms with Gasteiger partial charge in [0.05, 0.1) is 25.4 Å². The number of hydrogen-bond acceptors (Lipinski definition) is 5. The highest BCUT2D eigenvalue weighted by Gasteiger charge is 2.44. The van der Waals surface area contributed by atoms with Crippen LogP contribution in [0.25, 0.3) is 0 Å². The largest absolute Gasteiger partial charge is 0.469 e. The van der Waals surface area contributed by atoms with Crippen LogP contribution in [0.15, 0.2) is 0 Å². The van der Waals surface area contributed by atoms with E-state index in [0.717, 1.165) is 12.7 Å². The number of aldehydes is 1. The number of aliphatic hydroxyl groups is 1. The Bertz CT molecular complexity index is 361. The van der Waals surface area contributed by atoms with Crippen LogP contribution < -0.4 is 0 Å². The molecule has 0 spiro atoms. The van der Waals surface area contributed by atoms with Crippen molar-refractivity contribution in [3.8, 4) is 0 Å². The summed E-state index contributed by atoms with van der Waals surface area (Å²) in [6.45, 7) is 0. The first kappa shape index (κ1) is 15.9. The normalized spacial score (nSPS) is 38.0. The smallest absolute Gasteiger partial charge is 0.305 e. The average molecular weight is 349 g/mol. The molecule has 0 radical (unpaired) electrons. The topological polar surface area (TPSA) is 72.8 Å². The first-order valence-electron chi connectivity index (χ1n) is 7.04. The molecule has 0 bridgehead atoms. The summed E-state index contributed by atoms with van der Waals surface area (Å²) in [4.78, 5) is 22.2. The SMILES string of the molecule is COC(=O)CCC(Br)C1CC2CC(C=O)C(O)CC2O1. The second-order valence-corrected chi connectivity index (χ2v) is 6.85. The third-order valence-corrected chi connectivity index (χ3v) is 5.43. The lowest BCUT2D eigenvalue weighted by Crippen LogP contribution is -2.37. The van der Waals surface area contributed by atoms with E-state index in [2.05, 4.69) is 20.7 Å². The summed E-state index contributed by atoms with van der Waals surface area (Å²) in [7, 11) is 1.38. The molecule has 0 aromatic rings. The van der Waals surface area contributed by atoms with Gasteiger partial charge < -0.3 is 19.4 Å². The molecule has 6 heteroatoms. The van der Waals surface area contributed by atoms with Crippen LogP contribution >= 0.6 is 15.9 Å². The second kappa shape index (κ2) is 7.00. The molecule has 1 saturated heterocycles. The maximum Gasteiger partial charge on any atom is 0.305 e. The van der Waals surface area contributed by atoms with Gasteiger partial charge >= 0.3 is 5.97 Å². The summed E-state index contributed by atoms with van der Waals surface area (Å²) >= 11 is 3.58. The maximum absolute atomic E-state index is 11.2. The number of carbonyl (C=O) groups is 2. The quantitative estimate of drug-likeness (QED) is 0.462. The molecule has 1 heterocycles. The van der Waals surface area contributed by atoms with E-state index in [-0.39, 0.29) is 28.9 Å². The summed E-state index contributed by atoms with van der Waals surface area (Å²) in [5.74, 6) is -0.152. The molecule has 6 atom stereocenters. The Morgan fingerprint density at radius 3 is 2.90 bits per heavy atom. The zero-order valence-corrected chi connectivity index (χ0v) is 13.1. The highest BCUT2D eigenvalue weighted by molar-refractivity contribution is 9.09. The number of fused-ring (bicyclic) bond motifs is 1. The number of aliphatic hydroxyl groups excluding tert-OH is 1. The third kappa shape index (κ3) is 3.59. The zero-order valence-electron chi connectivity index (χ0n) is 11.5. The number of halogens is 1. The monoisotopic (exact) mass is 348 g/mol. The van der Waals surface area contributed by atoms with Crippen molar-refractivity contribution in [1.29, 1.82) is 0 Å². The molecule has 0 aromatic carbocycles. The minimum atomic E-state index is -0.587. The van der Waals surface area contributed by atoms with Crippen molar-refractivity contribution in [2.24, 2.45) is 11.8 Å². The highest BCUT2D eigenvalue weighted by atomic mass is 79.9. The van der Waals surface area contributed by atoms with Gasteiger partial charge in [0.2, 0.25) is 0 Å². The Labute approximate surface area is 127 Å². The molecule has 1 aliphatic carbocycles. The van der Waals surface area contributed by atoms with Gasteiger partial charge in [-0.1, -0.05) is 15.9 Å². The van der Waals surface area contributed by atoms with E-state index in [9.17, 15) is 14.7 Å². The van der Waals surface area contributed by atoms with Crippen molar-refractivity contribution < 1.29 is 24.2 Å². The van der Waals surface area contributed by atoms with Gasteiger partial charge in [-0.3, -0.25) is 4.79 Å². The number of rotatable bonds is 5. The Morgan fingerprint density at radius 1 is 1.50 bits per heavy atom. The van der Waals surface area contributed by atoms with Crippen molar-refractivity contribution >= 4 is 28.2 Å². The number of methoxy groups -OCH3 is 1. The average Bonchev–Trinajstić information content (AvgIpc) is 2.85. The summed E-state index contributed by atoms with van der Waals surface area (Å²) in [5, 5.41) is 9.86. The van der Waals surface area contributed by atoms with Crippen LogP contribution in [0.4, 0.5) is 0 Å². The van der Waals surface area contributed by atoms with E-state index >= 15 is 0 Å². The standard InChI is InChI=1S/C14H21BrO5/c1-19-14(18)3-2-10(15)13-5-8-4-9(7-16)11(17)6-12(8)20-13/h7-13,17H,2-6H2,1H3. The molecule has 0 aromatic heterocycles. The van der Waals surface area contributed by atoms with E-state index in [0.29, 0.717) is 31.6 Å². The minimum Gasteiger partial charge on any atom is -0.469 e. The predicted molar refractivity (Wildman–Crippen MR) is 75.5 cm³/mol. The van der Waals surface area contributed by atoms with Crippen molar-refractivity contribution in [3.63, 3.8) is 0 Å². The number of alkyl halides is 1. The molecule has 2 rings (SSSR count). The highest BCUT2D eigenvalue weighted by Crippen LogP contribution is 2.42. The second-order valence-electron chi connectivity index (χ2n) is 5.68. The molecule has 1 saturated carbocycles. The van der Waals surface area contributed by atoms with Crippen LogP contribution in [0.1, 0.15) is 32.1 Å². The fourth-order valence-electron chi connectivity index (χ4n) is 3.18. The van der Waals surface area contributed by atoms with E-state index in [1.807, 2.05) is 0 Å². The number of ether oxygens (including phenoxy) is 2. The van der Waals surface area contributed by atoms with Gasteiger partial charge in [0.15, 0.2) is 0 Å². The van der Waals surface area contributed by atoms with Gasteiger partial charge in [-0.25, -0.2) is 0 Å². The molecule has 2 aliphatic rings. The summed E-state index contributed by atoms with van der Waals surface area (Å²) in [5.41, 5.74) is 0. The Hall–Kier alpha value is -0.460. The molecule has 2 fully saturated rings. The molecule has 6 unspecified atom stereocenters.